The monoisotopic (exact) mass is 837 g/mol. The minimum Gasteiger partial charge on any atom is -0.493 e. The van der Waals surface area contributed by atoms with Crippen molar-refractivity contribution in [2.75, 3.05) is 26.3 Å². The summed E-state index contributed by atoms with van der Waals surface area (Å²) in [7, 11) is 0. The summed E-state index contributed by atoms with van der Waals surface area (Å²) in [5.74, 6) is -1.95. The number of aliphatic imine (C=N–C) groups is 1. The molecule has 0 aromatic heterocycles. The third kappa shape index (κ3) is 13.3. The number of hydrogen-bond donors (Lipinski definition) is 6. The number of nitrogens with zero attached hydrogens (tertiary/aromatic N) is 2. The van der Waals surface area contributed by atoms with Crippen molar-refractivity contribution in [1.29, 1.82) is 0 Å². The number of carbonyl (C=O) groups excluding carboxylic acids is 6. The molecule has 16 nitrogen and oxygen atoms in total. The number of rotatable bonds is 11. The second-order valence-electron chi connectivity index (χ2n) is 18.0. The summed E-state index contributed by atoms with van der Waals surface area (Å²) in [6.45, 7) is 6.31. The van der Waals surface area contributed by atoms with Gasteiger partial charge < -0.3 is 47.1 Å². The number of hydrogen-bond acceptors (Lipinski definition) is 9. The second-order valence-corrected chi connectivity index (χ2v) is 18.0. The van der Waals surface area contributed by atoms with Gasteiger partial charge in [0.1, 0.15) is 42.3 Å². The van der Waals surface area contributed by atoms with Gasteiger partial charge in [-0.2, -0.15) is 0 Å². The Bertz CT molecular complexity index is 1680. The van der Waals surface area contributed by atoms with Crippen LogP contribution in [0.15, 0.2) is 29.3 Å². The summed E-state index contributed by atoms with van der Waals surface area (Å²) < 4.78 is 12.1. The Kier molecular flexibility index (Phi) is 17.0. The Hall–Kier alpha value is -4.89. The molecule has 5 amide bonds. The number of ether oxygens (including phenoxy) is 2. The number of benzene rings is 1. The number of nitrogens with one attached hydrogen (secondary N) is 4. The van der Waals surface area contributed by atoms with Crippen molar-refractivity contribution in [3.63, 3.8) is 0 Å². The summed E-state index contributed by atoms with van der Waals surface area (Å²) in [5, 5.41) is 11.7. The van der Waals surface area contributed by atoms with Crippen molar-refractivity contribution in [2.24, 2.45) is 33.7 Å². The zero-order valence-electron chi connectivity index (χ0n) is 35.8. The zero-order valence-corrected chi connectivity index (χ0v) is 35.8. The largest absolute Gasteiger partial charge is 0.493 e. The lowest BCUT2D eigenvalue weighted by molar-refractivity contribution is -0.140. The van der Waals surface area contributed by atoms with Gasteiger partial charge in [0.25, 0.3) is 0 Å². The molecular weight excluding hydrogens is 769 g/mol. The van der Waals surface area contributed by atoms with Gasteiger partial charge in [0.05, 0.1) is 12.6 Å². The van der Waals surface area contributed by atoms with Crippen molar-refractivity contribution in [3.8, 4) is 11.5 Å². The van der Waals surface area contributed by atoms with E-state index in [4.69, 9.17) is 20.9 Å². The van der Waals surface area contributed by atoms with Crippen molar-refractivity contribution in [2.45, 2.75) is 154 Å². The predicted octanol–water partition coefficient (Wildman–Crippen LogP) is 3.00. The molecular formula is C44H68N8O8. The highest BCUT2D eigenvalue weighted by molar-refractivity contribution is 5.97. The van der Waals surface area contributed by atoms with Gasteiger partial charge in [-0.05, 0) is 81.3 Å². The Labute approximate surface area is 354 Å². The highest BCUT2D eigenvalue weighted by Gasteiger charge is 2.41. The Balaban J connectivity index is 1.43. The fourth-order valence-electron chi connectivity index (χ4n) is 8.91. The van der Waals surface area contributed by atoms with Crippen molar-refractivity contribution >= 4 is 41.3 Å². The third-order valence-electron chi connectivity index (χ3n) is 12.3. The number of Topliss-reactive ketones (excluding diaryl/α,β-unsaturated/α-hetero) is 1. The molecule has 16 heteroatoms. The normalized spacial score (nSPS) is 23.8. The zero-order chi connectivity index (χ0) is 43.2. The van der Waals surface area contributed by atoms with E-state index in [9.17, 15) is 28.8 Å². The average Bonchev–Trinajstić information content (AvgIpc) is 3.73. The molecule has 8 N–H and O–H groups in total. The summed E-state index contributed by atoms with van der Waals surface area (Å²) in [4.78, 5) is 90.0. The van der Waals surface area contributed by atoms with E-state index in [2.05, 4.69) is 26.3 Å². The molecule has 5 rings (SSSR count). The maximum Gasteiger partial charge on any atom is 0.246 e. The minimum absolute atomic E-state index is 0.0160. The highest BCUT2D eigenvalue weighted by Crippen LogP contribution is 2.31. The molecule has 0 spiro atoms. The van der Waals surface area contributed by atoms with Crippen LogP contribution in [-0.4, -0.2) is 103 Å². The van der Waals surface area contributed by atoms with Gasteiger partial charge in [-0.1, -0.05) is 65.4 Å². The maximum atomic E-state index is 14.5. The SMILES string of the molecule is CC(C)(C)[C@H](NC(=O)[C@H](CCCN=C(N)N)NC(=O)[C@@H]1COc2cccc(c2)OCCCC(=O)N2CCC[C@H]2C(=O)N[C@@H](C2CCCCC2)C(=O)N1)C(=O)C1CCCCC1. The molecule has 60 heavy (non-hydrogen) atoms. The topological polar surface area (TPSA) is 237 Å². The van der Waals surface area contributed by atoms with Gasteiger partial charge in [0.2, 0.25) is 29.5 Å². The Morgan fingerprint density at radius 1 is 0.867 bits per heavy atom. The molecule has 4 aliphatic rings. The number of guanidine groups is 1. The van der Waals surface area contributed by atoms with E-state index in [-0.39, 0.29) is 62.1 Å². The Morgan fingerprint density at radius 3 is 2.23 bits per heavy atom. The standard InChI is InChI=1S/C44H68N8O8/c1-44(2,3)38(37(54)29-16-8-5-9-17-29)51-39(55)32(20-11-23-47-43(45)46)48-40(56)33-27-60-31-19-10-18-30(26-31)59-25-13-22-35(53)52-24-12-21-34(52)41(57)50-36(42(58)49-33)28-14-6-4-7-15-28/h10,18-19,26,28-29,32-34,36,38H,4-9,11-17,20-25,27H2,1-3H3,(H,48,56)(H,49,58)(H,50,57)(H,51,55)(H4,45,46,47)/t32-,33-,34-,36-,38+/m0/s1. The van der Waals surface area contributed by atoms with Crippen LogP contribution in [0.4, 0.5) is 0 Å². The molecule has 2 heterocycles. The third-order valence-corrected chi connectivity index (χ3v) is 12.3. The highest BCUT2D eigenvalue weighted by atomic mass is 16.5. The van der Waals surface area contributed by atoms with E-state index < -0.39 is 59.3 Å². The molecule has 2 aliphatic carbocycles. The van der Waals surface area contributed by atoms with E-state index in [1.807, 2.05) is 20.8 Å². The molecule has 2 saturated carbocycles. The van der Waals surface area contributed by atoms with Crippen LogP contribution in [0.1, 0.15) is 124 Å². The van der Waals surface area contributed by atoms with Gasteiger partial charge in [0, 0.05) is 31.5 Å². The number of ketones is 1. The van der Waals surface area contributed by atoms with Crippen molar-refractivity contribution in [1.82, 2.24) is 26.2 Å². The lowest BCUT2D eigenvalue weighted by atomic mass is 9.76. The van der Waals surface area contributed by atoms with Gasteiger partial charge in [0.15, 0.2) is 11.7 Å². The summed E-state index contributed by atoms with van der Waals surface area (Å²) in [5.41, 5.74) is 10.5. The van der Waals surface area contributed by atoms with Gasteiger partial charge in [-0.15, -0.1) is 0 Å². The fourth-order valence-corrected chi connectivity index (χ4v) is 8.91. The van der Waals surface area contributed by atoms with Crippen LogP contribution in [-0.2, 0) is 28.8 Å². The summed E-state index contributed by atoms with van der Waals surface area (Å²) in [6, 6.07) is 1.92. The predicted molar refractivity (Wildman–Crippen MR) is 227 cm³/mol. The van der Waals surface area contributed by atoms with E-state index in [0.717, 1.165) is 51.4 Å². The van der Waals surface area contributed by atoms with Crippen molar-refractivity contribution in [3.05, 3.63) is 24.3 Å². The first-order valence-corrected chi connectivity index (χ1v) is 22.2. The van der Waals surface area contributed by atoms with Crippen LogP contribution in [0.2, 0.25) is 0 Å². The first-order valence-electron chi connectivity index (χ1n) is 22.2. The second kappa shape index (κ2) is 22.1. The first kappa shape index (κ1) is 46.2. The number of fused-ring (bicyclic) bond motifs is 3. The smallest absolute Gasteiger partial charge is 0.246 e. The molecule has 1 aromatic rings. The van der Waals surface area contributed by atoms with Gasteiger partial charge in [-0.25, -0.2) is 0 Å². The van der Waals surface area contributed by atoms with E-state index in [0.29, 0.717) is 56.6 Å². The van der Waals surface area contributed by atoms with Crippen LogP contribution in [0.5, 0.6) is 11.5 Å². The lowest BCUT2D eigenvalue weighted by Crippen LogP contribution is -2.61. The number of nitrogens with two attached hydrogens (primary N) is 2. The molecule has 332 valence electrons. The van der Waals surface area contributed by atoms with Crippen LogP contribution in [0.3, 0.4) is 0 Å². The Morgan fingerprint density at radius 2 is 1.55 bits per heavy atom. The van der Waals surface area contributed by atoms with Crippen LogP contribution in [0, 0.1) is 17.3 Å². The van der Waals surface area contributed by atoms with Gasteiger partial charge >= 0.3 is 0 Å². The molecule has 0 unspecified atom stereocenters. The molecule has 0 radical (unpaired) electrons. The number of amides is 5. The molecule has 3 fully saturated rings. The molecule has 2 bridgehead atoms. The van der Waals surface area contributed by atoms with E-state index in [1.54, 1.807) is 29.2 Å². The minimum atomic E-state index is -1.32. The van der Waals surface area contributed by atoms with E-state index in [1.165, 1.54) is 0 Å². The summed E-state index contributed by atoms with van der Waals surface area (Å²) >= 11 is 0. The molecule has 1 saturated heterocycles. The summed E-state index contributed by atoms with van der Waals surface area (Å²) in [6.07, 6.45) is 11.0. The number of carbonyl (C=O) groups is 6. The molecule has 5 atom stereocenters. The van der Waals surface area contributed by atoms with Crippen LogP contribution in [0.25, 0.3) is 0 Å². The van der Waals surface area contributed by atoms with E-state index >= 15 is 0 Å². The lowest BCUT2D eigenvalue weighted by Gasteiger charge is -2.35. The fraction of sp³-hybridized carbons (Fsp3) is 0.705. The maximum absolute atomic E-state index is 14.5. The molecule has 1 aromatic carbocycles. The first-order chi connectivity index (χ1) is 28.7. The van der Waals surface area contributed by atoms with Crippen LogP contribution < -0.4 is 42.2 Å². The van der Waals surface area contributed by atoms with Crippen molar-refractivity contribution < 1.29 is 38.2 Å². The van der Waals surface area contributed by atoms with Gasteiger partial charge in [-0.3, -0.25) is 33.8 Å². The quantitative estimate of drug-likeness (QED) is 0.108. The molecule has 2 aliphatic heterocycles. The average molecular weight is 837 g/mol. The van der Waals surface area contributed by atoms with Crippen LogP contribution >= 0.6 is 0 Å².